The molecular formula is C13H18N2O2. The van der Waals surface area contributed by atoms with Gasteiger partial charge in [-0.1, -0.05) is 12.1 Å². The van der Waals surface area contributed by atoms with E-state index in [0.717, 1.165) is 25.9 Å². The normalized spacial score (nSPS) is 13.2. The Morgan fingerprint density at radius 2 is 2.29 bits per heavy atom. The number of anilines is 1. The van der Waals surface area contributed by atoms with E-state index in [9.17, 15) is 4.79 Å². The van der Waals surface area contributed by atoms with E-state index in [1.54, 1.807) is 0 Å². The third-order valence-corrected chi connectivity index (χ3v) is 2.99. The van der Waals surface area contributed by atoms with Gasteiger partial charge in [0.1, 0.15) is 0 Å². The fourth-order valence-corrected chi connectivity index (χ4v) is 2.07. The molecule has 1 aliphatic heterocycles. The van der Waals surface area contributed by atoms with E-state index < -0.39 is 5.97 Å². The Hall–Kier alpha value is -1.55. The van der Waals surface area contributed by atoms with Crippen LogP contribution in [0.5, 0.6) is 0 Å². The van der Waals surface area contributed by atoms with E-state index in [1.807, 2.05) is 0 Å². The van der Waals surface area contributed by atoms with Crippen LogP contribution in [0.2, 0.25) is 0 Å². The first kappa shape index (κ1) is 11.9. The SMILES string of the molecule is O=C(O)CCNCCc1ccc2c(c1)CCN2. The molecule has 0 radical (unpaired) electrons. The van der Waals surface area contributed by atoms with Crippen LogP contribution in [-0.2, 0) is 17.6 Å². The summed E-state index contributed by atoms with van der Waals surface area (Å²) in [5.41, 5.74) is 3.97. The molecule has 0 saturated carbocycles. The van der Waals surface area contributed by atoms with Crippen molar-refractivity contribution >= 4 is 11.7 Å². The van der Waals surface area contributed by atoms with Crippen molar-refractivity contribution in [2.75, 3.05) is 25.0 Å². The maximum Gasteiger partial charge on any atom is 0.304 e. The maximum atomic E-state index is 10.3. The van der Waals surface area contributed by atoms with Crippen molar-refractivity contribution in [3.63, 3.8) is 0 Å². The number of carbonyl (C=O) groups is 1. The van der Waals surface area contributed by atoms with Gasteiger partial charge in [0.05, 0.1) is 6.42 Å². The predicted octanol–water partition coefficient (Wildman–Crippen LogP) is 1.26. The van der Waals surface area contributed by atoms with Gasteiger partial charge in [0.2, 0.25) is 0 Å². The zero-order chi connectivity index (χ0) is 12.1. The van der Waals surface area contributed by atoms with Crippen LogP contribution in [-0.4, -0.2) is 30.7 Å². The van der Waals surface area contributed by atoms with Gasteiger partial charge in [0.25, 0.3) is 0 Å². The summed E-state index contributed by atoms with van der Waals surface area (Å²) >= 11 is 0. The average molecular weight is 234 g/mol. The molecule has 0 spiro atoms. The lowest BCUT2D eigenvalue weighted by molar-refractivity contribution is -0.136. The van der Waals surface area contributed by atoms with Crippen LogP contribution in [0.15, 0.2) is 18.2 Å². The summed E-state index contributed by atoms with van der Waals surface area (Å²) in [6, 6.07) is 6.51. The molecule has 3 N–H and O–H groups in total. The molecule has 0 aromatic heterocycles. The van der Waals surface area contributed by atoms with E-state index >= 15 is 0 Å². The van der Waals surface area contributed by atoms with Gasteiger partial charge in [-0.3, -0.25) is 4.79 Å². The highest BCUT2D eigenvalue weighted by molar-refractivity contribution is 5.66. The molecule has 0 unspecified atom stereocenters. The van der Waals surface area contributed by atoms with Gasteiger partial charge in [-0.25, -0.2) is 0 Å². The molecule has 0 aliphatic carbocycles. The lowest BCUT2D eigenvalue weighted by Crippen LogP contribution is -2.20. The minimum atomic E-state index is -0.749. The average Bonchev–Trinajstić information content (AvgIpc) is 2.75. The Balaban J connectivity index is 1.74. The van der Waals surface area contributed by atoms with Crippen molar-refractivity contribution in [1.29, 1.82) is 0 Å². The van der Waals surface area contributed by atoms with Gasteiger partial charge < -0.3 is 15.7 Å². The standard InChI is InChI=1S/C13H18N2O2/c16-13(17)5-7-14-6-3-10-1-2-12-11(9-10)4-8-15-12/h1-2,9,14-15H,3-8H2,(H,16,17). The predicted molar refractivity (Wildman–Crippen MR) is 67.5 cm³/mol. The van der Waals surface area contributed by atoms with Gasteiger partial charge in [-0.2, -0.15) is 0 Å². The Labute approximate surface area is 101 Å². The van der Waals surface area contributed by atoms with Crippen molar-refractivity contribution in [2.45, 2.75) is 19.3 Å². The van der Waals surface area contributed by atoms with Crippen LogP contribution in [0.3, 0.4) is 0 Å². The number of benzene rings is 1. The molecule has 0 fully saturated rings. The van der Waals surface area contributed by atoms with Gasteiger partial charge in [0, 0.05) is 18.8 Å². The minimum absolute atomic E-state index is 0.189. The Morgan fingerprint density at radius 1 is 1.41 bits per heavy atom. The molecule has 1 aliphatic rings. The molecule has 0 amide bonds. The summed E-state index contributed by atoms with van der Waals surface area (Å²) in [6.07, 6.45) is 2.25. The smallest absolute Gasteiger partial charge is 0.304 e. The topological polar surface area (TPSA) is 61.4 Å². The zero-order valence-electron chi connectivity index (χ0n) is 9.83. The Kier molecular flexibility index (Phi) is 3.98. The van der Waals surface area contributed by atoms with E-state index in [-0.39, 0.29) is 6.42 Å². The minimum Gasteiger partial charge on any atom is -0.481 e. The highest BCUT2D eigenvalue weighted by Gasteiger charge is 2.09. The highest BCUT2D eigenvalue weighted by Crippen LogP contribution is 2.22. The van der Waals surface area contributed by atoms with Crippen molar-refractivity contribution in [3.8, 4) is 0 Å². The summed E-state index contributed by atoms with van der Waals surface area (Å²) in [7, 11) is 0. The molecular weight excluding hydrogens is 216 g/mol. The summed E-state index contributed by atoms with van der Waals surface area (Å²) in [5, 5.41) is 15.0. The van der Waals surface area contributed by atoms with Crippen molar-refractivity contribution < 1.29 is 9.90 Å². The molecule has 1 aromatic rings. The Bertz CT molecular complexity index is 404. The lowest BCUT2D eigenvalue weighted by atomic mass is 10.1. The second-order valence-electron chi connectivity index (χ2n) is 4.31. The number of hydrogen-bond donors (Lipinski definition) is 3. The van der Waals surface area contributed by atoms with Crippen molar-refractivity contribution in [1.82, 2.24) is 5.32 Å². The number of carboxylic acid groups (broad SMARTS) is 1. The number of fused-ring (bicyclic) bond motifs is 1. The fourth-order valence-electron chi connectivity index (χ4n) is 2.07. The van der Waals surface area contributed by atoms with Crippen LogP contribution >= 0.6 is 0 Å². The molecule has 0 saturated heterocycles. The van der Waals surface area contributed by atoms with Gasteiger partial charge >= 0.3 is 5.97 Å². The van der Waals surface area contributed by atoms with Crippen LogP contribution < -0.4 is 10.6 Å². The second kappa shape index (κ2) is 5.68. The molecule has 4 nitrogen and oxygen atoms in total. The van der Waals surface area contributed by atoms with E-state index in [0.29, 0.717) is 6.54 Å². The highest BCUT2D eigenvalue weighted by atomic mass is 16.4. The number of hydrogen-bond acceptors (Lipinski definition) is 3. The molecule has 0 atom stereocenters. The first-order valence-corrected chi connectivity index (χ1v) is 6.04. The molecule has 1 aromatic carbocycles. The van der Waals surface area contributed by atoms with Crippen LogP contribution in [0.4, 0.5) is 5.69 Å². The number of carboxylic acids is 1. The van der Waals surface area contributed by atoms with Crippen LogP contribution in [0.25, 0.3) is 0 Å². The van der Waals surface area contributed by atoms with Crippen LogP contribution in [0.1, 0.15) is 17.5 Å². The molecule has 92 valence electrons. The Morgan fingerprint density at radius 3 is 3.12 bits per heavy atom. The van der Waals surface area contributed by atoms with Crippen LogP contribution in [0, 0.1) is 0 Å². The maximum absolute atomic E-state index is 10.3. The number of aliphatic carboxylic acids is 1. The molecule has 1 heterocycles. The monoisotopic (exact) mass is 234 g/mol. The summed E-state index contributed by atoms with van der Waals surface area (Å²) < 4.78 is 0. The largest absolute Gasteiger partial charge is 0.481 e. The molecule has 17 heavy (non-hydrogen) atoms. The number of rotatable bonds is 6. The zero-order valence-corrected chi connectivity index (χ0v) is 9.83. The van der Waals surface area contributed by atoms with Crippen molar-refractivity contribution in [2.24, 2.45) is 0 Å². The second-order valence-corrected chi connectivity index (χ2v) is 4.31. The number of nitrogens with one attached hydrogen (secondary N) is 2. The third kappa shape index (κ3) is 3.46. The van der Waals surface area contributed by atoms with E-state index in [4.69, 9.17) is 5.11 Å². The first-order chi connectivity index (χ1) is 8.25. The van der Waals surface area contributed by atoms with E-state index in [1.165, 1.54) is 16.8 Å². The third-order valence-electron chi connectivity index (χ3n) is 2.99. The lowest BCUT2D eigenvalue weighted by Gasteiger charge is -2.06. The summed E-state index contributed by atoms with van der Waals surface area (Å²) in [5.74, 6) is -0.749. The molecule has 2 rings (SSSR count). The summed E-state index contributed by atoms with van der Waals surface area (Å²) in [4.78, 5) is 10.3. The molecule has 4 heteroatoms. The fraction of sp³-hybridized carbons (Fsp3) is 0.462. The molecule has 0 bridgehead atoms. The van der Waals surface area contributed by atoms with Gasteiger partial charge in [0.15, 0.2) is 0 Å². The first-order valence-electron chi connectivity index (χ1n) is 6.04. The van der Waals surface area contributed by atoms with Crippen molar-refractivity contribution in [3.05, 3.63) is 29.3 Å². The van der Waals surface area contributed by atoms with E-state index in [2.05, 4.69) is 28.8 Å². The van der Waals surface area contributed by atoms with Gasteiger partial charge in [-0.15, -0.1) is 0 Å². The quantitative estimate of drug-likeness (QED) is 0.649. The summed E-state index contributed by atoms with van der Waals surface area (Å²) in [6.45, 7) is 2.41. The van der Waals surface area contributed by atoms with Gasteiger partial charge in [-0.05, 0) is 36.6 Å².